The number of hydrogen-bond acceptors (Lipinski definition) is 1. The zero-order chi connectivity index (χ0) is 11.5. The topological polar surface area (TPSA) is 12.0 Å². The Morgan fingerprint density at radius 2 is 2.19 bits per heavy atom. The monoisotopic (exact) mass is 237 g/mol. The molecule has 1 nitrogen and oxygen atoms in total. The Bertz CT molecular complexity index is 358. The van der Waals surface area contributed by atoms with Gasteiger partial charge in [-0.25, -0.2) is 0 Å². The number of aryl methyl sites for hydroxylation is 1. The summed E-state index contributed by atoms with van der Waals surface area (Å²) >= 11 is 6.19. The smallest absolute Gasteiger partial charge is 0.0438 e. The van der Waals surface area contributed by atoms with E-state index < -0.39 is 0 Å². The molecule has 0 aromatic heterocycles. The molecule has 1 aliphatic rings. The summed E-state index contributed by atoms with van der Waals surface area (Å²) in [6.07, 6.45) is 3.89. The highest BCUT2D eigenvalue weighted by atomic mass is 35.5. The normalized spacial score (nSPS) is 17.4. The molecule has 0 aliphatic heterocycles. The fourth-order valence-electron chi connectivity index (χ4n) is 2.09. The van der Waals surface area contributed by atoms with E-state index in [1.807, 2.05) is 0 Å². The van der Waals surface area contributed by atoms with Crippen LogP contribution in [0.2, 0.25) is 5.02 Å². The maximum Gasteiger partial charge on any atom is 0.0438 e. The number of nitrogens with one attached hydrogen (secondary N) is 1. The molecule has 1 fully saturated rings. The van der Waals surface area contributed by atoms with Crippen molar-refractivity contribution in [2.24, 2.45) is 5.92 Å². The van der Waals surface area contributed by atoms with Gasteiger partial charge >= 0.3 is 0 Å². The maximum absolute atomic E-state index is 6.19. The van der Waals surface area contributed by atoms with Gasteiger partial charge < -0.3 is 5.32 Å². The minimum absolute atomic E-state index is 0.512. The molecule has 0 radical (unpaired) electrons. The molecule has 1 aromatic carbocycles. The molecule has 1 saturated carbocycles. The maximum atomic E-state index is 6.19. The van der Waals surface area contributed by atoms with Crippen molar-refractivity contribution in [1.29, 1.82) is 0 Å². The second-order valence-electron chi connectivity index (χ2n) is 4.78. The Hall–Kier alpha value is -0.530. The number of halogens is 1. The van der Waals surface area contributed by atoms with Crippen LogP contribution in [0.1, 0.15) is 43.4 Å². The van der Waals surface area contributed by atoms with Crippen LogP contribution in [0.3, 0.4) is 0 Å². The van der Waals surface area contributed by atoms with Crippen LogP contribution >= 0.6 is 11.6 Å². The van der Waals surface area contributed by atoms with Crippen molar-refractivity contribution in [3.05, 3.63) is 34.3 Å². The molecule has 2 rings (SSSR count). The van der Waals surface area contributed by atoms with Crippen molar-refractivity contribution in [3.63, 3.8) is 0 Å². The number of rotatable bonds is 5. The van der Waals surface area contributed by atoms with E-state index in [1.54, 1.807) is 0 Å². The zero-order valence-electron chi connectivity index (χ0n) is 10.1. The zero-order valence-corrected chi connectivity index (χ0v) is 10.8. The fraction of sp³-hybridized carbons (Fsp3) is 0.571. The van der Waals surface area contributed by atoms with Crippen molar-refractivity contribution < 1.29 is 0 Å². The minimum atomic E-state index is 0.512. The van der Waals surface area contributed by atoms with E-state index in [-0.39, 0.29) is 0 Å². The van der Waals surface area contributed by atoms with E-state index in [4.69, 9.17) is 11.6 Å². The Balaban J connectivity index is 2.14. The Labute approximate surface area is 103 Å². The average molecular weight is 238 g/mol. The molecule has 1 aliphatic carbocycles. The van der Waals surface area contributed by atoms with Crippen LogP contribution < -0.4 is 5.32 Å². The average Bonchev–Trinajstić information content (AvgIpc) is 3.08. The van der Waals surface area contributed by atoms with Gasteiger partial charge in [0.15, 0.2) is 0 Å². The van der Waals surface area contributed by atoms with Crippen LogP contribution in [-0.4, -0.2) is 6.54 Å². The summed E-state index contributed by atoms with van der Waals surface area (Å²) < 4.78 is 0. The van der Waals surface area contributed by atoms with Crippen molar-refractivity contribution in [2.75, 3.05) is 6.54 Å². The molecule has 1 N–H and O–H groups in total. The highest BCUT2D eigenvalue weighted by Gasteiger charge is 2.31. The molecule has 1 atom stereocenters. The first-order valence-corrected chi connectivity index (χ1v) is 6.59. The molecule has 1 unspecified atom stereocenters. The van der Waals surface area contributed by atoms with E-state index in [2.05, 4.69) is 37.4 Å². The number of hydrogen-bond donors (Lipinski definition) is 1. The van der Waals surface area contributed by atoms with Gasteiger partial charge in [-0.2, -0.15) is 0 Å². The molecular formula is C14H20ClN. The Morgan fingerprint density at radius 3 is 2.75 bits per heavy atom. The van der Waals surface area contributed by atoms with Crippen molar-refractivity contribution in [3.8, 4) is 0 Å². The van der Waals surface area contributed by atoms with E-state index in [0.29, 0.717) is 6.04 Å². The van der Waals surface area contributed by atoms with E-state index in [1.165, 1.54) is 24.8 Å². The SMILES string of the molecule is CCCNC(c1ccc(C)c(Cl)c1)C1CC1. The van der Waals surface area contributed by atoms with Crippen LogP contribution in [0.15, 0.2) is 18.2 Å². The van der Waals surface area contributed by atoms with Gasteiger partial charge in [0.25, 0.3) is 0 Å². The fourth-order valence-corrected chi connectivity index (χ4v) is 2.28. The van der Waals surface area contributed by atoms with Gasteiger partial charge in [0.1, 0.15) is 0 Å². The predicted molar refractivity (Wildman–Crippen MR) is 69.9 cm³/mol. The summed E-state index contributed by atoms with van der Waals surface area (Å²) in [5.74, 6) is 0.824. The van der Waals surface area contributed by atoms with Gasteiger partial charge in [-0.05, 0) is 55.8 Å². The van der Waals surface area contributed by atoms with Gasteiger partial charge in [0.2, 0.25) is 0 Å². The molecule has 0 amide bonds. The van der Waals surface area contributed by atoms with Crippen LogP contribution in [0.4, 0.5) is 0 Å². The van der Waals surface area contributed by atoms with Crippen LogP contribution in [0.5, 0.6) is 0 Å². The third-order valence-electron chi connectivity index (χ3n) is 3.26. The lowest BCUT2D eigenvalue weighted by atomic mass is 10.0. The summed E-state index contributed by atoms with van der Waals surface area (Å²) in [6.45, 7) is 5.35. The lowest BCUT2D eigenvalue weighted by molar-refractivity contribution is 0.481. The van der Waals surface area contributed by atoms with Gasteiger partial charge in [-0.15, -0.1) is 0 Å². The highest BCUT2D eigenvalue weighted by molar-refractivity contribution is 6.31. The summed E-state index contributed by atoms with van der Waals surface area (Å²) in [4.78, 5) is 0. The Morgan fingerprint density at radius 1 is 1.44 bits per heavy atom. The lowest BCUT2D eigenvalue weighted by Gasteiger charge is -2.19. The van der Waals surface area contributed by atoms with Crippen LogP contribution in [-0.2, 0) is 0 Å². The van der Waals surface area contributed by atoms with Crippen LogP contribution in [0.25, 0.3) is 0 Å². The first kappa shape index (κ1) is 11.9. The standard InChI is InChI=1S/C14H20ClN/c1-3-8-16-14(11-6-7-11)12-5-4-10(2)13(15)9-12/h4-5,9,11,14,16H,3,6-8H2,1-2H3. The second kappa shape index (κ2) is 5.20. The molecular weight excluding hydrogens is 218 g/mol. The predicted octanol–water partition coefficient (Wildman–Crippen LogP) is 4.10. The largest absolute Gasteiger partial charge is 0.310 e. The molecule has 0 bridgehead atoms. The molecule has 2 heteroatoms. The molecule has 0 saturated heterocycles. The molecule has 0 spiro atoms. The second-order valence-corrected chi connectivity index (χ2v) is 5.19. The molecule has 88 valence electrons. The first-order chi connectivity index (χ1) is 7.72. The first-order valence-electron chi connectivity index (χ1n) is 6.21. The highest BCUT2D eigenvalue weighted by Crippen LogP contribution is 2.41. The third kappa shape index (κ3) is 2.78. The van der Waals surface area contributed by atoms with E-state index in [9.17, 15) is 0 Å². The van der Waals surface area contributed by atoms with Crippen molar-refractivity contribution in [1.82, 2.24) is 5.32 Å². The molecule has 16 heavy (non-hydrogen) atoms. The van der Waals surface area contributed by atoms with Gasteiger partial charge in [0.05, 0.1) is 0 Å². The van der Waals surface area contributed by atoms with Crippen molar-refractivity contribution >= 4 is 11.6 Å². The van der Waals surface area contributed by atoms with Crippen molar-refractivity contribution in [2.45, 2.75) is 39.2 Å². The summed E-state index contributed by atoms with van der Waals surface area (Å²) in [5.41, 5.74) is 2.52. The quantitative estimate of drug-likeness (QED) is 0.813. The Kier molecular flexibility index (Phi) is 3.88. The van der Waals surface area contributed by atoms with E-state index >= 15 is 0 Å². The molecule has 1 aromatic rings. The molecule has 0 heterocycles. The van der Waals surface area contributed by atoms with Gasteiger partial charge in [0, 0.05) is 11.1 Å². The summed E-state index contributed by atoms with van der Waals surface area (Å²) in [6, 6.07) is 6.98. The minimum Gasteiger partial charge on any atom is -0.310 e. The number of benzene rings is 1. The van der Waals surface area contributed by atoms with Gasteiger partial charge in [-0.1, -0.05) is 30.7 Å². The van der Waals surface area contributed by atoms with E-state index in [0.717, 1.165) is 23.0 Å². The summed E-state index contributed by atoms with van der Waals surface area (Å²) in [5, 5.41) is 4.53. The van der Waals surface area contributed by atoms with Crippen LogP contribution in [0, 0.1) is 12.8 Å². The van der Waals surface area contributed by atoms with Gasteiger partial charge in [-0.3, -0.25) is 0 Å². The lowest BCUT2D eigenvalue weighted by Crippen LogP contribution is -2.23. The summed E-state index contributed by atoms with van der Waals surface area (Å²) in [7, 11) is 0. The third-order valence-corrected chi connectivity index (χ3v) is 3.67.